The molecule has 0 spiro atoms. The van der Waals surface area contributed by atoms with Crippen molar-refractivity contribution in [2.45, 2.75) is 30.2 Å². The van der Waals surface area contributed by atoms with Gasteiger partial charge in [0.2, 0.25) is 0 Å². The van der Waals surface area contributed by atoms with Crippen molar-refractivity contribution in [1.82, 2.24) is 9.88 Å². The molecule has 4 rings (SSSR count). The molecule has 2 heterocycles. The van der Waals surface area contributed by atoms with E-state index in [0.717, 1.165) is 17.5 Å². The summed E-state index contributed by atoms with van der Waals surface area (Å²) < 4.78 is 24.9. The van der Waals surface area contributed by atoms with Crippen LogP contribution in [0.1, 0.15) is 24.0 Å². The summed E-state index contributed by atoms with van der Waals surface area (Å²) >= 11 is 0. The van der Waals surface area contributed by atoms with E-state index >= 15 is 0 Å². The van der Waals surface area contributed by atoms with Gasteiger partial charge in [-0.05, 0) is 74.3 Å². The predicted molar refractivity (Wildman–Crippen MR) is 114 cm³/mol. The van der Waals surface area contributed by atoms with Crippen molar-refractivity contribution in [2.75, 3.05) is 13.6 Å². The van der Waals surface area contributed by atoms with Gasteiger partial charge in [0.15, 0.2) is 9.84 Å². The molecule has 1 aliphatic rings. The van der Waals surface area contributed by atoms with Crippen molar-refractivity contribution in [3.05, 3.63) is 71.3 Å². The molecule has 3 aromatic rings. The van der Waals surface area contributed by atoms with Gasteiger partial charge >= 0.3 is 0 Å². The maximum Gasteiger partial charge on any atom is 0.199 e. The number of H-pyrrole nitrogens is 1. The minimum absolute atomic E-state index is 0. The van der Waals surface area contributed by atoms with E-state index in [1.165, 1.54) is 35.7 Å². The van der Waals surface area contributed by atoms with Gasteiger partial charge in [-0.1, -0.05) is 24.3 Å². The van der Waals surface area contributed by atoms with Crippen LogP contribution in [0, 0.1) is 0 Å². The van der Waals surface area contributed by atoms with E-state index in [2.05, 4.69) is 29.2 Å². The molecule has 1 saturated heterocycles. The second kappa shape index (κ2) is 8.31. The first-order valence-electron chi connectivity index (χ1n) is 9.31. The quantitative estimate of drug-likeness (QED) is 0.714. The molecular weight excluding hydrogens is 372 g/mol. The average molecular weight is 399 g/mol. The lowest BCUT2D eigenvalue weighted by atomic mass is 10.0. The Bertz CT molecular complexity index is 1070. The highest BCUT2D eigenvalue weighted by Crippen LogP contribution is 2.26. The van der Waals surface area contributed by atoms with Crippen molar-refractivity contribution in [3.8, 4) is 0 Å². The molecule has 1 aromatic heterocycles. The monoisotopic (exact) mass is 398 g/mol. The molecule has 0 unspecified atom stereocenters. The minimum Gasteiger partial charge on any atom is -0.412 e. The number of benzene rings is 2. The van der Waals surface area contributed by atoms with Crippen LogP contribution in [0.4, 0.5) is 0 Å². The maximum absolute atomic E-state index is 12.5. The summed E-state index contributed by atoms with van der Waals surface area (Å²) in [7, 11) is -1.24. The molecule has 3 N–H and O–H groups in total. The van der Waals surface area contributed by atoms with Gasteiger partial charge in [0.05, 0.1) is 4.90 Å². The van der Waals surface area contributed by atoms with Gasteiger partial charge < -0.3 is 15.4 Å². The Balaban J connectivity index is 0.00000225. The zero-order chi connectivity index (χ0) is 18.9. The molecule has 1 atom stereocenters. The highest BCUT2D eigenvalue weighted by molar-refractivity contribution is 7.94. The normalized spacial score (nSPS) is 18.0. The van der Waals surface area contributed by atoms with Crippen LogP contribution in [0.25, 0.3) is 17.0 Å². The van der Waals surface area contributed by atoms with Crippen LogP contribution in [-0.4, -0.2) is 43.4 Å². The van der Waals surface area contributed by atoms with Crippen LogP contribution in [0.15, 0.2) is 65.0 Å². The van der Waals surface area contributed by atoms with Crippen LogP contribution in [-0.2, 0) is 16.3 Å². The minimum atomic E-state index is -3.43. The molecule has 2 aromatic carbocycles. The molecule has 1 fully saturated rings. The number of hydrogen-bond donors (Lipinski definition) is 1. The van der Waals surface area contributed by atoms with E-state index in [1.807, 2.05) is 18.2 Å². The van der Waals surface area contributed by atoms with Crippen molar-refractivity contribution < 1.29 is 13.9 Å². The summed E-state index contributed by atoms with van der Waals surface area (Å²) in [5.74, 6) is 0. The van der Waals surface area contributed by atoms with Crippen LogP contribution in [0.3, 0.4) is 0 Å². The van der Waals surface area contributed by atoms with Gasteiger partial charge in [0.1, 0.15) is 0 Å². The number of likely N-dealkylation sites (tertiary alicyclic amines) is 1. The third-order valence-electron chi connectivity index (χ3n) is 5.43. The molecule has 0 radical (unpaired) electrons. The summed E-state index contributed by atoms with van der Waals surface area (Å²) in [6.45, 7) is 1.17. The number of fused-ring (bicyclic) bond motifs is 1. The molecule has 0 saturated carbocycles. The van der Waals surface area contributed by atoms with E-state index in [1.54, 1.807) is 30.3 Å². The third kappa shape index (κ3) is 4.19. The van der Waals surface area contributed by atoms with Crippen LogP contribution >= 0.6 is 0 Å². The second-order valence-corrected chi connectivity index (χ2v) is 9.09. The molecule has 0 aliphatic carbocycles. The first-order chi connectivity index (χ1) is 13.0. The SMILES string of the molecule is CN1CCC[C@@H]1Cc1c[nH]c2ccc(/C=C/S(=O)(=O)c3ccccc3)cc12.O. The van der Waals surface area contributed by atoms with Gasteiger partial charge in [-0.2, -0.15) is 0 Å². The fourth-order valence-electron chi connectivity index (χ4n) is 3.82. The third-order valence-corrected chi connectivity index (χ3v) is 6.85. The van der Waals surface area contributed by atoms with Crippen LogP contribution in [0.2, 0.25) is 0 Å². The number of aromatic nitrogens is 1. The van der Waals surface area contributed by atoms with E-state index in [9.17, 15) is 8.42 Å². The molecule has 0 bridgehead atoms. The summed E-state index contributed by atoms with van der Waals surface area (Å²) in [4.78, 5) is 6.08. The zero-order valence-electron chi connectivity index (χ0n) is 15.9. The lowest BCUT2D eigenvalue weighted by Gasteiger charge is -2.18. The number of sulfone groups is 1. The van der Waals surface area contributed by atoms with Crippen molar-refractivity contribution in [3.63, 3.8) is 0 Å². The number of rotatable bonds is 5. The predicted octanol–water partition coefficient (Wildman–Crippen LogP) is 3.42. The van der Waals surface area contributed by atoms with E-state index in [4.69, 9.17) is 0 Å². The van der Waals surface area contributed by atoms with E-state index < -0.39 is 9.84 Å². The molecule has 5 nitrogen and oxygen atoms in total. The van der Waals surface area contributed by atoms with Crippen molar-refractivity contribution in [1.29, 1.82) is 0 Å². The highest BCUT2D eigenvalue weighted by atomic mass is 32.2. The lowest BCUT2D eigenvalue weighted by Crippen LogP contribution is -2.26. The topological polar surface area (TPSA) is 84.7 Å². The molecule has 6 heteroatoms. The van der Waals surface area contributed by atoms with E-state index in [-0.39, 0.29) is 5.48 Å². The molecule has 1 aliphatic heterocycles. The first-order valence-corrected chi connectivity index (χ1v) is 10.9. The maximum atomic E-state index is 12.5. The van der Waals surface area contributed by atoms with Crippen LogP contribution < -0.4 is 0 Å². The fourth-order valence-corrected chi connectivity index (χ4v) is 4.85. The van der Waals surface area contributed by atoms with Gasteiger partial charge in [-0.3, -0.25) is 0 Å². The Morgan fingerprint density at radius 3 is 2.68 bits per heavy atom. The van der Waals surface area contributed by atoms with Crippen molar-refractivity contribution in [2.24, 2.45) is 0 Å². The van der Waals surface area contributed by atoms with Gasteiger partial charge in [0.25, 0.3) is 0 Å². The number of nitrogens with zero attached hydrogens (tertiary/aromatic N) is 1. The number of aromatic amines is 1. The lowest BCUT2D eigenvalue weighted by molar-refractivity contribution is 0.310. The first kappa shape index (κ1) is 20.3. The Kier molecular flexibility index (Phi) is 6.03. The molecule has 28 heavy (non-hydrogen) atoms. The summed E-state index contributed by atoms with van der Waals surface area (Å²) in [5.41, 5.74) is 3.28. The largest absolute Gasteiger partial charge is 0.412 e. The van der Waals surface area contributed by atoms with Crippen molar-refractivity contribution >= 4 is 26.8 Å². The molecular formula is C22H26N2O3S. The standard InChI is InChI=1S/C22H24N2O2S.H2O/c1-24-12-5-6-19(24)15-18-16-23-22-10-9-17(14-21(18)22)11-13-27(25,26)20-7-3-2-4-8-20;/h2-4,7-11,13-14,16,19,23H,5-6,12,15H2,1H3;1H2/b13-11+;/t19-;/m1./s1. The zero-order valence-corrected chi connectivity index (χ0v) is 16.7. The Hall–Kier alpha value is -2.41. The molecule has 0 amide bonds. The van der Waals surface area contributed by atoms with E-state index in [0.29, 0.717) is 10.9 Å². The van der Waals surface area contributed by atoms with Gasteiger partial charge in [-0.25, -0.2) is 8.42 Å². The summed E-state index contributed by atoms with van der Waals surface area (Å²) in [6.07, 6.45) is 7.28. The smallest absolute Gasteiger partial charge is 0.199 e. The second-order valence-electron chi connectivity index (χ2n) is 7.26. The Morgan fingerprint density at radius 1 is 1.18 bits per heavy atom. The van der Waals surface area contributed by atoms with Crippen LogP contribution in [0.5, 0.6) is 0 Å². The summed E-state index contributed by atoms with van der Waals surface area (Å²) in [5, 5.41) is 2.47. The summed E-state index contributed by atoms with van der Waals surface area (Å²) in [6, 6.07) is 15.1. The Morgan fingerprint density at radius 2 is 1.96 bits per heavy atom. The van der Waals surface area contributed by atoms with Gasteiger partial charge in [-0.15, -0.1) is 0 Å². The van der Waals surface area contributed by atoms with Gasteiger partial charge in [0, 0.05) is 28.5 Å². The molecule has 148 valence electrons. The Labute approximate surface area is 165 Å². The number of nitrogens with one attached hydrogen (secondary N) is 1. The number of hydrogen-bond acceptors (Lipinski definition) is 3. The number of likely N-dealkylation sites (N-methyl/N-ethyl adjacent to an activating group) is 1. The highest BCUT2D eigenvalue weighted by Gasteiger charge is 2.22. The fraction of sp³-hybridized carbons (Fsp3) is 0.273. The average Bonchev–Trinajstić information content (AvgIpc) is 3.27.